The topological polar surface area (TPSA) is 0 Å². The molecule has 0 aromatic carbocycles. The molecule has 0 saturated heterocycles. The van der Waals surface area contributed by atoms with Crippen molar-refractivity contribution in [2.45, 2.75) is 64.8 Å². The van der Waals surface area contributed by atoms with Gasteiger partial charge in [-0.25, -0.2) is 0 Å². The van der Waals surface area contributed by atoms with Crippen LogP contribution in [0.25, 0.3) is 0 Å². The van der Waals surface area contributed by atoms with E-state index in [2.05, 4.69) is 26.0 Å². The van der Waals surface area contributed by atoms with Crippen molar-refractivity contribution in [3.63, 3.8) is 0 Å². The number of halogens is 3. The number of rotatable bonds is 10. The zero-order valence-electron chi connectivity index (χ0n) is 11.0. The average molecular weight is 316 g/mol. The van der Waals surface area contributed by atoms with E-state index in [1.807, 2.05) is 0 Å². The second-order valence-corrected chi connectivity index (χ2v) is 13.8. The van der Waals surface area contributed by atoms with E-state index in [0.29, 0.717) is 5.92 Å². The molecule has 0 radical (unpaired) electrons. The van der Waals surface area contributed by atoms with Crippen LogP contribution in [0.15, 0.2) is 12.2 Å². The summed E-state index contributed by atoms with van der Waals surface area (Å²) in [6, 6.07) is -1.71. The first kappa shape index (κ1) is 17.8. The number of hydrogen-bond donors (Lipinski definition) is 0. The molecule has 0 spiro atoms. The van der Waals surface area contributed by atoms with E-state index in [4.69, 9.17) is 33.2 Å². The molecule has 0 heterocycles. The molecule has 0 nitrogen and oxygen atoms in total. The minimum atomic E-state index is -2.48. The van der Waals surface area contributed by atoms with Crippen LogP contribution < -0.4 is 0 Å². The van der Waals surface area contributed by atoms with E-state index in [9.17, 15) is 0 Å². The van der Waals surface area contributed by atoms with Gasteiger partial charge in [-0.1, -0.05) is 51.7 Å². The van der Waals surface area contributed by atoms with Crippen molar-refractivity contribution < 1.29 is 0 Å². The van der Waals surface area contributed by atoms with Gasteiger partial charge in [0.25, 0.3) is 0 Å². The lowest BCUT2D eigenvalue weighted by Crippen LogP contribution is -2.14. The molecule has 0 saturated carbocycles. The predicted molar refractivity (Wildman–Crippen MR) is 84.4 cm³/mol. The van der Waals surface area contributed by atoms with Gasteiger partial charge in [-0.3, -0.25) is 0 Å². The van der Waals surface area contributed by atoms with Gasteiger partial charge in [0.15, 0.2) is 0 Å². The third-order valence-electron chi connectivity index (χ3n) is 2.80. The van der Waals surface area contributed by atoms with Gasteiger partial charge >= 0.3 is 6.00 Å². The van der Waals surface area contributed by atoms with Crippen LogP contribution in [0.1, 0.15) is 58.8 Å². The summed E-state index contributed by atoms with van der Waals surface area (Å²) in [4.78, 5) is 0. The summed E-state index contributed by atoms with van der Waals surface area (Å²) in [5.41, 5.74) is 0. The van der Waals surface area contributed by atoms with Gasteiger partial charge in [-0.05, 0) is 31.2 Å². The molecule has 0 aliphatic heterocycles. The van der Waals surface area contributed by atoms with E-state index in [-0.39, 0.29) is 0 Å². The minimum Gasteiger partial charge on any atom is -0.126 e. The Labute approximate surface area is 122 Å². The normalized spacial score (nSPS) is 14.4. The summed E-state index contributed by atoms with van der Waals surface area (Å²) < 4.78 is 0. The highest BCUT2D eigenvalue weighted by Crippen LogP contribution is 2.32. The largest absolute Gasteiger partial charge is 0.341 e. The molecule has 0 fully saturated rings. The molecule has 0 bridgehead atoms. The van der Waals surface area contributed by atoms with Crippen LogP contribution in [0.3, 0.4) is 0 Å². The van der Waals surface area contributed by atoms with Crippen molar-refractivity contribution in [1.82, 2.24) is 0 Å². The van der Waals surface area contributed by atoms with Crippen LogP contribution in [-0.2, 0) is 0 Å². The fourth-order valence-corrected chi connectivity index (χ4v) is 4.55. The molecule has 17 heavy (non-hydrogen) atoms. The van der Waals surface area contributed by atoms with Gasteiger partial charge in [-0.15, -0.1) is 33.2 Å². The van der Waals surface area contributed by atoms with E-state index in [1.165, 1.54) is 32.1 Å². The van der Waals surface area contributed by atoms with Gasteiger partial charge in [0, 0.05) is 0 Å². The zero-order chi connectivity index (χ0) is 13.1. The first-order valence-electron chi connectivity index (χ1n) is 6.73. The summed E-state index contributed by atoms with van der Waals surface area (Å²) in [7, 11) is 0. The molecule has 4 heteroatoms. The third kappa shape index (κ3) is 13.1. The van der Waals surface area contributed by atoms with Crippen LogP contribution in [-0.4, -0.2) is 6.00 Å². The maximum Gasteiger partial charge on any atom is 0.341 e. The molecule has 0 aromatic rings. The molecule has 0 aliphatic rings. The standard InChI is InChI=1S/C13H25Cl3Si/c1-3-5-7-8-9-11-13(10-6-4-2)12-17(14,15)16/h9,11,13H,3-8,10,12H2,1-2H3/b11-9+. The molecule has 0 N–H and O–H groups in total. The molecule has 0 aliphatic carbocycles. The lowest BCUT2D eigenvalue weighted by molar-refractivity contribution is 0.593. The number of unbranched alkanes of at least 4 members (excludes halogenated alkanes) is 4. The number of hydrogen-bond acceptors (Lipinski definition) is 0. The van der Waals surface area contributed by atoms with Gasteiger partial charge in [0.05, 0.1) is 0 Å². The Morgan fingerprint density at radius 1 is 1.00 bits per heavy atom. The quantitative estimate of drug-likeness (QED) is 0.185. The Bertz CT molecular complexity index is 199. The molecular formula is C13H25Cl3Si. The predicted octanol–water partition coefficient (Wildman–Crippen LogP) is 6.58. The second kappa shape index (κ2) is 10.7. The highest BCUT2D eigenvalue weighted by molar-refractivity contribution is 7.64. The Morgan fingerprint density at radius 3 is 2.18 bits per heavy atom. The van der Waals surface area contributed by atoms with Gasteiger partial charge < -0.3 is 0 Å². The fraction of sp³-hybridized carbons (Fsp3) is 0.846. The summed E-state index contributed by atoms with van der Waals surface area (Å²) >= 11 is 18.0. The van der Waals surface area contributed by atoms with Crippen LogP contribution >= 0.6 is 33.2 Å². The highest BCUT2D eigenvalue weighted by Gasteiger charge is 2.28. The maximum absolute atomic E-state index is 6.01. The Morgan fingerprint density at radius 2 is 1.65 bits per heavy atom. The maximum atomic E-state index is 6.01. The lowest BCUT2D eigenvalue weighted by atomic mass is 10.0. The molecule has 0 amide bonds. The van der Waals surface area contributed by atoms with Gasteiger partial charge in [-0.2, -0.15) is 0 Å². The molecule has 0 rings (SSSR count). The van der Waals surface area contributed by atoms with E-state index >= 15 is 0 Å². The second-order valence-electron chi connectivity index (χ2n) is 4.65. The minimum absolute atomic E-state index is 0.468. The van der Waals surface area contributed by atoms with Crippen molar-refractivity contribution in [3.05, 3.63) is 12.2 Å². The SMILES string of the molecule is CCCCC/C=C/C(CCCC)C[Si](Cl)(Cl)Cl. The first-order valence-corrected chi connectivity index (χ1v) is 12.0. The molecule has 1 unspecified atom stereocenters. The van der Waals surface area contributed by atoms with E-state index in [0.717, 1.165) is 18.9 Å². The number of allylic oxidation sites excluding steroid dienone is 2. The molecule has 1 atom stereocenters. The van der Waals surface area contributed by atoms with Crippen LogP contribution in [0.4, 0.5) is 0 Å². The molecule has 0 aromatic heterocycles. The van der Waals surface area contributed by atoms with Crippen LogP contribution in [0.5, 0.6) is 0 Å². The smallest absolute Gasteiger partial charge is 0.126 e. The first-order chi connectivity index (χ1) is 7.99. The van der Waals surface area contributed by atoms with E-state index in [1.54, 1.807) is 0 Å². The fourth-order valence-electron chi connectivity index (χ4n) is 1.83. The molecular weight excluding hydrogens is 291 g/mol. The summed E-state index contributed by atoms with van der Waals surface area (Å²) in [5, 5.41) is 0. The summed E-state index contributed by atoms with van der Waals surface area (Å²) in [6.45, 7) is 4.43. The van der Waals surface area contributed by atoms with Crippen molar-refractivity contribution in [2.24, 2.45) is 5.92 Å². The van der Waals surface area contributed by atoms with Crippen molar-refractivity contribution >= 4 is 39.2 Å². The monoisotopic (exact) mass is 314 g/mol. The van der Waals surface area contributed by atoms with Crippen molar-refractivity contribution in [2.75, 3.05) is 0 Å². The molecule has 102 valence electrons. The van der Waals surface area contributed by atoms with Gasteiger partial charge in [0.2, 0.25) is 0 Å². The lowest BCUT2D eigenvalue weighted by Gasteiger charge is -2.16. The van der Waals surface area contributed by atoms with Crippen molar-refractivity contribution in [3.8, 4) is 0 Å². The average Bonchev–Trinajstić information content (AvgIpc) is 2.23. The van der Waals surface area contributed by atoms with Crippen LogP contribution in [0.2, 0.25) is 6.04 Å². The summed E-state index contributed by atoms with van der Waals surface area (Å²) in [6.07, 6.45) is 13.2. The summed E-state index contributed by atoms with van der Waals surface area (Å²) in [5.74, 6) is 0.468. The highest BCUT2D eigenvalue weighted by atomic mass is 35.8. The van der Waals surface area contributed by atoms with Crippen LogP contribution in [0, 0.1) is 5.92 Å². The zero-order valence-corrected chi connectivity index (χ0v) is 14.3. The Hall–Kier alpha value is 0.827. The Balaban J connectivity index is 3.99. The van der Waals surface area contributed by atoms with Crippen molar-refractivity contribution in [1.29, 1.82) is 0 Å². The Kier molecular flexibility index (Phi) is 11.2. The van der Waals surface area contributed by atoms with Gasteiger partial charge in [0.1, 0.15) is 0 Å². The third-order valence-corrected chi connectivity index (χ3v) is 5.18. The van der Waals surface area contributed by atoms with E-state index < -0.39 is 6.00 Å².